The molecule has 9 aromatic carbocycles. The van der Waals surface area contributed by atoms with E-state index in [4.69, 9.17) is 36.3 Å². The summed E-state index contributed by atoms with van der Waals surface area (Å²) in [5.41, 5.74) is 14.7. The van der Waals surface area contributed by atoms with Crippen molar-refractivity contribution in [2.75, 3.05) is 0 Å². The van der Waals surface area contributed by atoms with Gasteiger partial charge in [0, 0.05) is 38.5 Å². The van der Waals surface area contributed by atoms with Crippen molar-refractivity contribution in [3.63, 3.8) is 0 Å². The van der Waals surface area contributed by atoms with Crippen molar-refractivity contribution in [2.24, 2.45) is 0 Å². The first-order chi connectivity index (χ1) is 34.5. The van der Waals surface area contributed by atoms with Crippen molar-refractivity contribution >= 4 is 66.4 Å². The van der Waals surface area contributed by atoms with Crippen molar-refractivity contribution in [2.45, 2.75) is 0 Å². The molecule has 0 unspecified atom stereocenters. The van der Waals surface area contributed by atoms with Gasteiger partial charge in [-0.3, -0.25) is 0 Å². The van der Waals surface area contributed by atoms with Crippen LogP contribution in [0, 0.1) is 26.3 Å². The van der Waals surface area contributed by atoms with Gasteiger partial charge in [-0.25, -0.2) is 29.3 Å². The molecular weight excluding hydrogens is 857 g/mol. The highest BCUT2D eigenvalue weighted by atomic mass is 15.0. The Morgan fingerprint density at radius 3 is 1.34 bits per heavy atom. The molecule has 12 aromatic rings. The van der Waals surface area contributed by atoms with Gasteiger partial charge >= 0.3 is 0 Å². The average molecular weight is 891 g/mol. The molecule has 0 amide bonds. The van der Waals surface area contributed by atoms with Gasteiger partial charge in [-0.05, 0) is 112 Å². The fraction of sp³-hybridized carbons (Fsp3) is 0. The maximum absolute atomic E-state index is 8.30. The molecule has 0 spiro atoms. The zero-order valence-corrected chi connectivity index (χ0v) is 37.2. The summed E-state index contributed by atoms with van der Waals surface area (Å²) in [5.74, 6) is 0.382. The number of nitrogens with zero attached hydrogens (tertiary/aromatic N) is 8. The van der Waals surface area contributed by atoms with Gasteiger partial charge < -0.3 is 9.13 Å². The lowest BCUT2D eigenvalue weighted by Crippen LogP contribution is -1.96. The predicted octanol–water partition coefficient (Wildman–Crippen LogP) is 17.2. The van der Waals surface area contributed by atoms with Crippen LogP contribution in [0.4, 0.5) is 22.7 Å². The van der Waals surface area contributed by atoms with Gasteiger partial charge in [-0.15, -0.1) is 0 Å². The van der Waals surface area contributed by atoms with Crippen molar-refractivity contribution in [3.8, 4) is 67.5 Å². The third-order valence-corrected chi connectivity index (χ3v) is 13.0. The third kappa shape index (κ3) is 6.90. The molecule has 0 saturated heterocycles. The van der Waals surface area contributed by atoms with E-state index in [1.165, 1.54) is 32.6 Å². The Labute approximate surface area is 403 Å². The Morgan fingerprint density at radius 2 is 0.771 bits per heavy atom. The van der Waals surface area contributed by atoms with E-state index in [1.807, 2.05) is 48.5 Å². The SMILES string of the molecule is [C-]#[N+]c1cccc(-c2cc(-c3cc([N+]#[C-])c(-c4ccc(-c5ccc(-n6c7ccccc7c7cc(-n8c9ccccc9c9ccccc98)ccc76)cc5)cc4)c([N+]#[C-])c3)nc(-c3cccc([N+]#[C-])c3)n2)c1. The minimum Gasteiger partial charge on any atom is -0.309 e. The topological polar surface area (TPSA) is 53.1 Å². The van der Waals surface area contributed by atoms with E-state index in [0.29, 0.717) is 56.7 Å². The van der Waals surface area contributed by atoms with Crippen LogP contribution in [0.5, 0.6) is 0 Å². The fourth-order valence-corrected chi connectivity index (χ4v) is 9.76. The number of fused-ring (bicyclic) bond motifs is 6. The normalized spacial score (nSPS) is 11.1. The second kappa shape index (κ2) is 16.8. The third-order valence-electron chi connectivity index (χ3n) is 13.0. The molecule has 0 aliphatic heterocycles. The number of para-hydroxylation sites is 3. The lowest BCUT2D eigenvalue weighted by molar-refractivity contribution is 1.17. The van der Waals surface area contributed by atoms with Gasteiger partial charge in [0.25, 0.3) is 0 Å². The smallest absolute Gasteiger partial charge is 0.187 e. The zero-order chi connectivity index (χ0) is 47.3. The van der Waals surface area contributed by atoms with Gasteiger partial charge in [0.15, 0.2) is 28.6 Å². The molecule has 0 fully saturated rings. The summed E-state index contributed by atoms with van der Waals surface area (Å²) in [4.78, 5) is 24.9. The lowest BCUT2D eigenvalue weighted by Gasteiger charge is -2.14. The maximum Gasteiger partial charge on any atom is 0.187 e. The second-order valence-corrected chi connectivity index (χ2v) is 16.9. The summed E-state index contributed by atoms with van der Waals surface area (Å²) in [6.07, 6.45) is 0. The second-order valence-electron chi connectivity index (χ2n) is 16.9. The molecule has 12 rings (SSSR count). The molecule has 0 bridgehead atoms. The van der Waals surface area contributed by atoms with Crippen LogP contribution in [0.25, 0.3) is 131 Å². The first kappa shape index (κ1) is 41.1. The van der Waals surface area contributed by atoms with Crippen LogP contribution in [0.15, 0.2) is 206 Å². The quantitative estimate of drug-likeness (QED) is 0.150. The summed E-state index contributed by atoms with van der Waals surface area (Å²) in [6, 6.07) is 68.8. The van der Waals surface area contributed by atoms with Crippen molar-refractivity contribution in [1.29, 1.82) is 0 Å². The van der Waals surface area contributed by atoms with Gasteiger partial charge in [0.2, 0.25) is 0 Å². The fourth-order valence-electron chi connectivity index (χ4n) is 9.76. The van der Waals surface area contributed by atoms with E-state index in [1.54, 1.807) is 42.5 Å². The largest absolute Gasteiger partial charge is 0.309 e. The van der Waals surface area contributed by atoms with Crippen LogP contribution in [0.1, 0.15) is 0 Å². The summed E-state index contributed by atoms with van der Waals surface area (Å²) in [7, 11) is 0. The first-order valence-electron chi connectivity index (χ1n) is 22.5. The first-order valence-corrected chi connectivity index (χ1v) is 22.5. The zero-order valence-electron chi connectivity index (χ0n) is 37.2. The maximum atomic E-state index is 8.30. The monoisotopic (exact) mass is 890 g/mol. The Hall–Kier alpha value is -10.4. The highest BCUT2D eigenvalue weighted by Gasteiger charge is 2.19. The van der Waals surface area contributed by atoms with Crippen LogP contribution in [-0.4, -0.2) is 19.1 Å². The molecule has 3 aromatic heterocycles. The lowest BCUT2D eigenvalue weighted by atomic mass is 9.95. The number of hydrogen-bond acceptors (Lipinski definition) is 2. The molecule has 0 saturated carbocycles. The van der Waals surface area contributed by atoms with Crippen LogP contribution >= 0.6 is 0 Å². The summed E-state index contributed by atoms with van der Waals surface area (Å²) in [5, 5.41) is 4.83. The standard InChI is InChI=1S/C62H34N8/c1-63-45-15-11-13-42(33-45)53-38-54(68-62(67-53)43-14-12-16-46(34-43)64-2)44-35-55(65-3)61(56(36-44)66-4)41-25-23-39(24-26-41)40-27-29-47(30-28-40)69-59-22-10-7-19-51(59)52-37-48(31-32-60(52)69)70-57-20-8-5-17-49(57)50-18-6-9-21-58(50)70/h5-38H. The summed E-state index contributed by atoms with van der Waals surface area (Å²) >= 11 is 0. The van der Waals surface area contributed by atoms with E-state index in [-0.39, 0.29) is 0 Å². The Bertz CT molecular complexity index is 4120. The molecular formula is C62H34N8. The molecule has 8 nitrogen and oxygen atoms in total. The van der Waals surface area contributed by atoms with Gasteiger partial charge in [-0.2, -0.15) is 0 Å². The van der Waals surface area contributed by atoms with E-state index in [9.17, 15) is 0 Å². The van der Waals surface area contributed by atoms with Crippen LogP contribution in [0.2, 0.25) is 0 Å². The van der Waals surface area contributed by atoms with Gasteiger partial charge in [0.05, 0.1) is 59.7 Å². The Balaban J connectivity index is 0.882. The van der Waals surface area contributed by atoms with E-state index in [0.717, 1.165) is 44.7 Å². The molecule has 70 heavy (non-hydrogen) atoms. The number of aromatic nitrogens is 4. The predicted molar refractivity (Wildman–Crippen MR) is 283 cm³/mol. The van der Waals surface area contributed by atoms with Crippen molar-refractivity contribution < 1.29 is 0 Å². The number of hydrogen-bond donors (Lipinski definition) is 0. The summed E-state index contributed by atoms with van der Waals surface area (Å²) < 4.78 is 4.69. The van der Waals surface area contributed by atoms with E-state index in [2.05, 4.69) is 144 Å². The Kier molecular flexibility index (Phi) is 9.86. The molecule has 0 aliphatic carbocycles. The van der Waals surface area contributed by atoms with Crippen LogP contribution < -0.4 is 0 Å². The molecule has 0 atom stereocenters. The van der Waals surface area contributed by atoms with Crippen LogP contribution in [0.3, 0.4) is 0 Å². The Morgan fingerprint density at radius 1 is 0.314 bits per heavy atom. The molecule has 322 valence electrons. The molecule has 0 radical (unpaired) electrons. The van der Waals surface area contributed by atoms with Crippen molar-refractivity contribution in [1.82, 2.24) is 19.1 Å². The molecule has 0 N–H and O–H groups in total. The minimum absolute atomic E-state index is 0.320. The van der Waals surface area contributed by atoms with E-state index >= 15 is 0 Å². The number of benzene rings is 9. The molecule has 3 heterocycles. The average Bonchev–Trinajstić information content (AvgIpc) is 3.95. The van der Waals surface area contributed by atoms with Crippen LogP contribution in [-0.2, 0) is 0 Å². The highest BCUT2D eigenvalue weighted by molar-refractivity contribution is 6.12. The molecule has 0 aliphatic rings. The van der Waals surface area contributed by atoms with Gasteiger partial charge in [-0.1, -0.05) is 127 Å². The van der Waals surface area contributed by atoms with Crippen molar-refractivity contribution in [3.05, 3.63) is 252 Å². The van der Waals surface area contributed by atoms with E-state index < -0.39 is 0 Å². The highest BCUT2D eigenvalue weighted by Crippen LogP contribution is 2.44. The molecule has 8 heteroatoms. The number of rotatable bonds is 7. The van der Waals surface area contributed by atoms with Gasteiger partial charge in [0.1, 0.15) is 0 Å². The summed E-state index contributed by atoms with van der Waals surface area (Å²) in [6.45, 7) is 31.7. The minimum atomic E-state index is 0.320.